The molecule has 102 valence electrons. The van der Waals surface area contributed by atoms with E-state index in [0.29, 0.717) is 5.82 Å². The van der Waals surface area contributed by atoms with Gasteiger partial charge in [-0.1, -0.05) is 17.7 Å². The van der Waals surface area contributed by atoms with E-state index >= 15 is 0 Å². The van der Waals surface area contributed by atoms with Crippen LogP contribution in [0.15, 0.2) is 36.4 Å². The van der Waals surface area contributed by atoms with Gasteiger partial charge in [0.1, 0.15) is 10.8 Å². The molecule has 0 bridgehead atoms. The Hall–Kier alpha value is -2.47. The summed E-state index contributed by atoms with van der Waals surface area (Å²) in [7, 11) is 0. The number of nitrogens with zero attached hydrogens (tertiary/aromatic N) is 2. The van der Waals surface area contributed by atoms with Crippen LogP contribution in [-0.2, 0) is 0 Å². The molecule has 0 aliphatic heterocycles. The van der Waals surface area contributed by atoms with E-state index in [-0.39, 0.29) is 16.3 Å². The lowest BCUT2D eigenvalue weighted by molar-refractivity contribution is -0.384. The first-order valence-electron chi connectivity index (χ1n) is 5.66. The lowest BCUT2D eigenvalue weighted by Crippen LogP contribution is -2.13. The fourth-order valence-corrected chi connectivity index (χ4v) is 1.78. The Morgan fingerprint density at radius 1 is 1.35 bits per heavy atom. The molecule has 1 N–H and O–H groups in total. The van der Waals surface area contributed by atoms with Crippen molar-refractivity contribution >= 4 is 29.0 Å². The number of benzene rings is 1. The van der Waals surface area contributed by atoms with Crippen LogP contribution < -0.4 is 5.32 Å². The van der Waals surface area contributed by atoms with Gasteiger partial charge in [-0.05, 0) is 31.2 Å². The minimum atomic E-state index is -0.635. The number of pyridine rings is 1. The smallest absolute Gasteiger partial charge is 0.288 e. The van der Waals surface area contributed by atoms with Gasteiger partial charge >= 0.3 is 0 Å². The quantitative estimate of drug-likeness (QED) is 0.695. The van der Waals surface area contributed by atoms with E-state index in [1.807, 2.05) is 0 Å². The first-order chi connectivity index (χ1) is 9.47. The molecule has 2 rings (SSSR count). The van der Waals surface area contributed by atoms with E-state index in [1.165, 1.54) is 12.1 Å². The van der Waals surface area contributed by atoms with Gasteiger partial charge in [0.25, 0.3) is 11.6 Å². The summed E-state index contributed by atoms with van der Waals surface area (Å²) in [6, 6.07) is 9.05. The van der Waals surface area contributed by atoms with Crippen molar-refractivity contribution < 1.29 is 9.72 Å². The van der Waals surface area contributed by atoms with Crippen LogP contribution in [0.3, 0.4) is 0 Å². The van der Waals surface area contributed by atoms with Gasteiger partial charge in [-0.3, -0.25) is 14.9 Å². The van der Waals surface area contributed by atoms with E-state index in [1.54, 1.807) is 25.1 Å². The maximum atomic E-state index is 12.0. The summed E-state index contributed by atoms with van der Waals surface area (Å²) in [5, 5.41) is 13.3. The second kappa shape index (κ2) is 5.66. The van der Waals surface area contributed by atoms with Gasteiger partial charge in [0.05, 0.1) is 4.92 Å². The number of nitro benzene ring substituents is 1. The van der Waals surface area contributed by atoms with Crippen LogP contribution in [0.2, 0.25) is 5.02 Å². The summed E-state index contributed by atoms with van der Waals surface area (Å²) in [6.45, 7) is 1.79. The van der Waals surface area contributed by atoms with Gasteiger partial charge in [-0.25, -0.2) is 4.98 Å². The second-order valence-electron chi connectivity index (χ2n) is 4.04. The van der Waals surface area contributed by atoms with Crippen molar-refractivity contribution in [2.75, 3.05) is 5.32 Å². The lowest BCUT2D eigenvalue weighted by atomic mass is 10.2. The second-order valence-corrected chi connectivity index (χ2v) is 4.45. The zero-order valence-corrected chi connectivity index (χ0v) is 11.2. The molecule has 0 aliphatic rings. The monoisotopic (exact) mass is 291 g/mol. The summed E-state index contributed by atoms with van der Waals surface area (Å²) in [5.74, 6) is -0.101. The van der Waals surface area contributed by atoms with Crippen LogP contribution in [0.25, 0.3) is 0 Å². The van der Waals surface area contributed by atoms with Crippen molar-refractivity contribution in [3.8, 4) is 0 Å². The molecule has 7 heteroatoms. The fraction of sp³-hybridized carbons (Fsp3) is 0.0769. The van der Waals surface area contributed by atoms with E-state index in [0.717, 1.165) is 11.8 Å². The summed E-state index contributed by atoms with van der Waals surface area (Å²) < 4.78 is 0. The maximum absolute atomic E-state index is 12.0. The molecule has 0 atom stereocenters. The van der Waals surface area contributed by atoms with Crippen LogP contribution in [0.5, 0.6) is 0 Å². The average molecular weight is 292 g/mol. The number of aryl methyl sites for hydroxylation is 1. The molecule has 1 amide bonds. The summed E-state index contributed by atoms with van der Waals surface area (Å²) in [5.41, 5.74) is 0.589. The minimum Gasteiger partial charge on any atom is -0.307 e. The Labute approximate surface area is 119 Å². The molecular formula is C13H10ClN3O3. The Morgan fingerprint density at radius 3 is 2.75 bits per heavy atom. The summed E-state index contributed by atoms with van der Waals surface area (Å²) >= 11 is 5.69. The predicted molar refractivity (Wildman–Crippen MR) is 75.0 cm³/mol. The largest absolute Gasteiger partial charge is 0.307 e. The summed E-state index contributed by atoms with van der Waals surface area (Å²) in [6.07, 6.45) is 0. The molecular weight excluding hydrogens is 282 g/mol. The number of nitrogens with one attached hydrogen (secondary N) is 1. The zero-order chi connectivity index (χ0) is 14.7. The van der Waals surface area contributed by atoms with E-state index in [4.69, 9.17) is 11.6 Å². The average Bonchev–Trinajstić information content (AvgIpc) is 2.38. The number of hydrogen-bond donors (Lipinski definition) is 1. The highest BCUT2D eigenvalue weighted by Crippen LogP contribution is 2.25. The molecule has 6 nitrogen and oxygen atoms in total. The van der Waals surface area contributed by atoms with Crippen molar-refractivity contribution in [2.24, 2.45) is 0 Å². The van der Waals surface area contributed by atoms with Gasteiger partial charge in [-0.2, -0.15) is 0 Å². The van der Waals surface area contributed by atoms with Crippen LogP contribution in [0, 0.1) is 17.0 Å². The third-order valence-electron chi connectivity index (χ3n) is 2.53. The van der Waals surface area contributed by atoms with Gasteiger partial charge in [0, 0.05) is 17.3 Å². The number of anilines is 1. The van der Waals surface area contributed by atoms with Crippen molar-refractivity contribution in [3.63, 3.8) is 0 Å². The molecule has 0 fully saturated rings. The van der Waals surface area contributed by atoms with Crippen LogP contribution >= 0.6 is 11.6 Å². The molecule has 0 unspecified atom stereocenters. The zero-order valence-electron chi connectivity index (χ0n) is 10.5. The number of halogens is 1. The number of carbonyl (C=O) groups is 1. The number of rotatable bonds is 3. The number of nitro groups is 1. The first-order valence-corrected chi connectivity index (χ1v) is 6.04. The standard InChI is InChI=1S/C13H10ClN3O3/c1-8-3-2-4-12(15-8)16-13(18)9-5-6-10(14)11(7-9)17(19)20/h2-7H,1H3,(H,15,16,18). The number of amides is 1. The molecule has 2 aromatic rings. The van der Waals surface area contributed by atoms with E-state index in [9.17, 15) is 14.9 Å². The highest BCUT2D eigenvalue weighted by Gasteiger charge is 2.16. The molecule has 1 aromatic carbocycles. The predicted octanol–water partition coefficient (Wildman–Crippen LogP) is 3.20. The van der Waals surface area contributed by atoms with Gasteiger partial charge < -0.3 is 5.32 Å². The molecule has 1 aromatic heterocycles. The summed E-state index contributed by atoms with van der Waals surface area (Å²) in [4.78, 5) is 26.3. The molecule has 0 radical (unpaired) electrons. The van der Waals surface area contributed by atoms with E-state index in [2.05, 4.69) is 10.3 Å². The highest BCUT2D eigenvalue weighted by atomic mass is 35.5. The Bertz CT molecular complexity index is 688. The van der Waals surface area contributed by atoms with Crippen LogP contribution in [0.1, 0.15) is 16.1 Å². The Morgan fingerprint density at radius 2 is 2.10 bits per heavy atom. The third kappa shape index (κ3) is 3.10. The Balaban J connectivity index is 2.26. The normalized spacial score (nSPS) is 10.1. The van der Waals surface area contributed by atoms with Gasteiger partial charge in [-0.15, -0.1) is 0 Å². The molecule has 0 saturated heterocycles. The van der Waals surface area contributed by atoms with Crippen LogP contribution in [-0.4, -0.2) is 15.8 Å². The van der Waals surface area contributed by atoms with Crippen LogP contribution in [0.4, 0.5) is 11.5 Å². The number of aromatic nitrogens is 1. The third-order valence-corrected chi connectivity index (χ3v) is 2.85. The number of carbonyl (C=O) groups excluding carboxylic acids is 1. The highest BCUT2D eigenvalue weighted by molar-refractivity contribution is 6.32. The van der Waals surface area contributed by atoms with Gasteiger partial charge in [0.15, 0.2) is 0 Å². The molecule has 0 saturated carbocycles. The SMILES string of the molecule is Cc1cccc(NC(=O)c2ccc(Cl)c([N+](=O)[O-])c2)n1. The van der Waals surface area contributed by atoms with Crippen molar-refractivity contribution in [1.29, 1.82) is 0 Å². The van der Waals surface area contributed by atoms with Crippen molar-refractivity contribution in [1.82, 2.24) is 4.98 Å². The number of hydrogen-bond acceptors (Lipinski definition) is 4. The van der Waals surface area contributed by atoms with Gasteiger partial charge in [0.2, 0.25) is 0 Å². The topological polar surface area (TPSA) is 85.1 Å². The minimum absolute atomic E-state index is 0.0137. The first kappa shape index (κ1) is 14.0. The molecule has 0 aliphatic carbocycles. The van der Waals surface area contributed by atoms with E-state index < -0.39 is 10.8 Å². The van der Waals surface area contributed by atoms with Crippen molar-refractivity contribution in [2.45, 2.75) is 6.92 Å². The Kier molecular flexibility index (Phi) is 3.95. The molecule has 1 heterocycles. The maximum Gasteiger partial charge on any atom is 0.288 e. The van der Waals surface area contributed by atoms with Crippen molar-refractivity contribution in [3.05, 3.63) is 62.8 Å². The fourth-order valence-electron chi connectivity index (χ4n) is 1.59. The molecule has 20 heavy (non-hydrogen) atoms. The lowest BCUT2D eigenvalue weighted by Gasteiger charge is -2.05. The molecule has 0 spiro atoms.